The zero-order chi connectivity index (χ0) is 16.2. The second-order valence-electron chi connectivity index (χ2n) is 5.23. The van der Waals surface area contributed by atoms with Crippen LogP contribution in [0.1, 0.15) is 22.8 Å². The summed E-state index contributed by atoms with van der Waals surface area (Å²) in [6, 6.07) is 17.1. The molecule has 1 aromatic heterocycles. The molecule has 0 amide bonds. The summed E-state index contributed by atoms with van der Waals surface area (Å²) in [7, 11) is 0. The van der Waals surface area contributed by atoms with Gasteiger partial charge in [-0.3, -0.25) is 4.79 Å². The van der Waals surface area contributed by atoms with Crippen LogP contribution in [0.2, 0.25) is 0 Å². The van der Waals surface area contributed by atoms with E-state index in [0.717, 1.165) is 5.56 Å². The first-order valence-electron chi connectivity index (χ1n) is 7.30. The van der Waals surface area contributed by atoms with E-state index in [0.29, 0.717) is 16.7 Å². The van der Waals surface area contributed by atoms with Crippen LogP contribution in [0.15, 0.2) is 64.2 Å². The largest absolute Gasteiger partial charge is 0.411 e. The third-order valence-corrected chi connectivity index (χ3v) is 4.34. The molecule has 0 aliphatic carbocycles. The van der Waals surface area contributed by atoms with Gasteiger partial charge in [0, 0.05) is 11.1 Å². The van der Waals surface area contributed by atoms with Crippen molar-refractivity contribution in [2.24, 2.45) is 0 Å². The first-order valence-corrected chi connectivity index (χ1v) is 8.18. The topological polar surface area (TPSA) is 56.0 Å². The van der Waals surface area contributed by atoms with Crippen molar-refractivity contribution in [3.05, 3.63) is 65.7 Å². The number of nitrogens with zero attached hydrogens (tertiary/aromatic N) is 2. The molecule has 23 heavy (non-hydrogen) atoms. The molecule has 4 nitrogen and oxygen atoms in total. The second kappa shape index (κ2) is 6.79. The standard InChI is InChI=1S/C18H16N2O2S/c1-12-8-10-15(11-9-12)17-19-20-18(22-17)23-13(2)16(21)14-6-4-3-5-7-14/h3-11,13H,1-2H3/t13-/m0/s1. The molecule has 0 aliphatic rings. The molecule has 0 spiro atoms. The van der Waals surface area contributed by atoms with Crippen molar-refractivity contribution in [3.63, 3.8) is 0 Å². The monoisotopic (exact) mass is 324 g/mol. The molecule has 0 unspecified atom stereocenters. The highest BCUT2D eigenvalue weighted by Crippen LogP contribution is 2.27. The molecule has 116 valence electrons. The molecule has 3 aromatic rings. The van der Waals surface area contributed by atoms with Gasteiger partial charge in [-0.25, -0.2) is 0 Å². The molecule has 0 radical (unpaired) electrons. The van der Waals surface area contributed by atoms with Crippen LogP contribution in [0.5, 0.6) is 0 Å². The lowest BCUT2D eigenvalue weighted by Gasteiger charge is -2.06. The number of hydrogen-bond donors (Lipinski definition) is 0. The van der Waals surface area contributed by atoms with Gasteiger partial charge in [0.1, 0.15) is 0 Å². The lowest BCUT2D eigenvalue weighted by Crippen LogP contribution is -2.13. The molecular formula is C18H16N2O2S. The Morgan fingerprint density at radius 1 is 1.04 bits per heavy atom. The van der Waals surface area contributed by atoms with Crippen molar-refractivity contribution in [2.45, 2.75) is 24.3 Å². The summed E-state index contributed by atoms with van der Waals surface area (Å²) < 4.78 is 5.65. The highest BCUT2D eigenvalue weighted by Gasteiger charge is 2.19. The van der Waals surface area contributed by atoms with E-state index in [2.05, 4.69) is 10.2 Å². The van der Waals surface area contributed by atoms with Crippen LogP contribution >= 0.6 is 11.8 Å². The summed E-state index contributed by atoms with van der Waals surface area (Å²) in [6.07, 6.45) is 0. The maximum atomic E-state index is 12.4. The van der Waals surface area contributed by atoms with Crippen LogP contribution in [0.4, 0.5) is 0 Å². The Hall–Kier alpha value is -2.40. The van der Waals surface area contributed by atoms with E-state index in [1.54, 1.807) is 0 Å². The van der Waals surface area contributed by atoms with Gasteiger partial charge in [-0.2, -0.15) is 0 Å². The fourth-order valence-corrected chi connectivity index (χ4v) is 2.87. The summed E-state index contributed by atoms with van der Waals surface area (Å²) in [5.41, 5.74) is 2.73. The SMILES string of the molecule is Cc1ccc(-c2nnc(S[C@@H](C)C(=O)c3ccccc3)o2)cc1. The predicted molar refractivity (Wildman–Crippen MR) is 90.6 cm³/mol. The van der Waals surface area contributed by atoms with Crippen LogP contribution < -0.4 is 0 Å². The van der Waals surface area contributed by atoms with Crippen LogP contribution in [0.25, 0.3) is 11.5 Å². The van der Waals surface area contributed by atoms with E-state index in [9.17, 15) is 4.79 Å². The minimum atomic E-state index is -0.288. The molecule has 2 aromatic carbocycles. The van der Waals surface area contributed by atoms with Gasteiger partial charge in [0.25, 0.3) is 5.22 Å². The minimum Gasteiger partial charge on any atom is -0.411 e. The van der Waals surface area contributed by atoms with Crippen molar-refractivity contribution >= 4 is 17.5 Å². The lowest BCUT2D eigenvalue weighted by molar-refractivity contribution is 0.0993. The second-order valence-corrected chi connectivity index (χ2v) is 6.52. The fraction of sp³-hybridized carbons (Fsp3) is 0.167. The van der Waals surface area contributed by atoms with E-state index >= 15 is 0 Å². The Labute approximate surface area is 138 Å². The molecule has 5 heteroatoms. The van der Waals surface area contributed by atoms with Gasteiger partial charge in [0.2, 0.25) is 5.89 Å². The third kappa shape index (κ3) is 3.68. The van der Waals surface area contributed by atoms with Gasteiger partial charge in [-0.05, 0) is 26.0 Å². The number of ketones is 1. The molecule has 0 fully saturated rings. The number of benzene rings is 2. The van der Waals surface area contributed by atoms with Crippen LogP contribution in [0.3, 0.4) is 0 Å². The normalized spacial score (nSPS) is 12.1. The molecule has 0 saturated heterocycles. The summed E-state index contributed by atoms with van der Waals surface area (Å²) in [4.78, 5) is 12.4. The van der Waals surface area contributed by atoms with E-state index in [4.69, 9.17) is 4.42 Å². The fourth-order valence-electron chi connectivity index (χ4n) is 2.11. The molecule has 1 atom stereocenters. The third-order valence-electron chi connectivity index (χ3n) is 3.41. The first-order chi connectivity index (χ1) is 11.1. The smallest absolute Gasteiger partial charge is 0.277 e. The number of thioether (sulfide) groups is 1. The Morgan fingerprint density at radius 2 is 1.74 bits per heavy atom. The number of rotatable bonds is 5. The molecular weight excluding hydrogens is 308 g/mol. The maximum Gasteiger partial charge on any atom is 0.277 e. The van der Waals surface area contributed by atoms with Crippen LogP contribution in [-0.2, 0) is 0 Å². The number of carbonyl (C=O) groups excluding carboxylic acids is 1. The van der Waals surface area contributed by atoms with Crippen LogP contribution in [0, 0.1) is 6.92 Å². The molecule has 0 N–H and O–H groups in total. The van der Waals surface area contributed by atoms with Gasteiger partial charge in [-0.1, -0.05) is 59.8 Å². The predicted octanol–water partition coefficient (Wildman–Crippen LogP) is 4.41. The Bertz CT molecular complexity index is 797. The van der Waals surface area contributed by atoms with E-state index in [1.807, 2.05) is 68.4 Å². The molecule has 0 aliphatic heterocycles. The van der Waals surface area contributed by atoms with Gasteiger partial charge in [0.15, 0.2) is 5.78 Å². The molecule has 1 heterocycles. The zero-order valence-corrected chi connectivity index (χ0v) is 13.7. The summed E-state index contributed by atoms with van der Waals surface area (Å²) in [5.74, 6) is 0.512. The summed E-state index contributed by atoms with van der Waals surface area (Å²) in [5, 5.41) is 8.19. The van der Waals surface area contributed by atoms with E-state index in [-0.39, 0.29) is 11.0 Å². The highest BCUT2D eigenvalue weighted by atomic mass is 32.2. The van der Waals surface area contributed by atoms with Crippen LogP contribution in [-0.4, -0.2) is 21.2 Å². The lowest BCUT2D eigenvalue weighted by atomic mass is 10.1. The van der Waals surface area contributed by atoms with Crippen molar-refractivity contribution < 1.29 is 9.21 Å². The highest BCUT2D eigenvalue weighted by molar-refractivity contribution is 8.00. The first kappa shape index (κ1) is 15.5. The quantitative estimate of drug-likeness (QED) is 0.514. The average Bonchev–Trinajstić information content (AvgIpc) is 3.04. The van der Waals surface area contributed by atoms with Gasteiger partial charge < -0.3 is 4.42 Å². The number of carbonyl (C=O) groups is 1. The Kier molecular flexibility index (Phi) is 4.57. The summed E-state index contributed by atoms with van der Waals surface area (Å²) in [6.45, 7) is 3.87. The molecule has 0 bridgehead atoms. The molecule has 0 saturated carbocycles. The van der Waals surface area contributed by atoms with Crippen molar-refractivity contribution in [2.75, 3.05) is 0 Å². The van der Waals surface area contributed by atoms with Crippen molar-refractivity contribution in [1.82, 2.24) is 10.2 Å². The van der Waals surface area contributed by atoms with Gasteiger partial charge >= 0.3 is 0 Å². The van der Waals surface area contributed by atoms with Gasteiger partial charge in [0.05, 0.1) is 5.25 Å². The Balaban J connectivity index is 1.71. The average molecular weight is 324 g/mol. The molecule has 3 rings (SSSR count). The van der Waals surface area contributed by atoms with E-state index < -0.39 is 0 Å². The zero-order valence-electron chi connectivity index (χ0n) is 12.9. The number of hydrogen-bond acceptors (Lipinski definition) is 5. The number of aromatic nitrogens is 2. The van der Waals surface area contributed by atoms with Gasteiger partial charge in [-0.15, -0.1) is 10.2 Å². The van der Waals surface area contributed by atoms with Crippen molar-refractivity contribution in [1.29, 1.82) is 0 Å². The van der Waals surface area contributed by atoms with E-state index in [1.165, 1.54) is 17.3 Å². The number of aryl methyl sites for hydroxylation is 1. The van der Waals surface area contributed by atoms with Crippen molar-refractivity contribution in [3.8, 4) is 11.5 Å². The Morgan fingerprint density at radius 3 is 2.43 bits per heavy atom. The maximum absolute atomic E-state index is 12.4. The summed E-state index contributed by atoms with van der Waals surface area (Å²) >= 11 is 1.28. The number of Topliss-reactive ketones (excluding diaryl/α,β-unsaturated/α-hetero) is 1. The minimum absolute atomic E-state index is 0.0469.